The van der Waals surface area contributed by atoms with Crippen LogP contribution in [0.15, 0.2) is 27.4 Å². The number of terminal acetylenes is 1. The van der Waals surface area contributed by atoms with Crippen molar-refractivity contribution in [1.82, 2.24) is 5.32 Å². The van der Waals surface area contributed by atoms with Crippen LogP contribution in [0.1, 0.15) is 30.6 Å². The number of fused-ring (bicyclic) bond motifs is 1. The van der Waals surface area contributed by atoms with Crippen molar-refractivity contribution in [3.8, 4) is 12.3 Å². The molecule has 1 amide bonds. The van der Waals surface area contributed by atoms with Crippen LogP contribution in [0.2, 0.25) is 10.0 Å². The van der Waals surface area contributed by atoms with Crippen LogP contribution in [0, 0.1) is 12.3 Å². The number of carbonyl (C=O) groups is 1. The smallest absolute Gasteiger partial charge is 0.349 e. The van der Waals surface area contributed by atoms with Crippen molar-refractivity contribution in [1.29, 1.82) is 0 Å². The van der Waals surface area contributed by atoms with Crippen molar-refractivity contribution in [2.45, 2.75) is 25.8 Å². The average Bonchev–Trinajstić information content (AvgIpc) is 2.47. The number of benzene rings is 1. The summed E-state index contributed by atoms with van der Waals surface area (Å²) in [5.41, 5.74) is -1.60. The standard InChI is InChI=1S/C16H13Cl2NO3/c1-4-16(3,5-2)19-14(20)11-7-9-6-10(17)8-12(18)13(9)22-15(11)21/h1,6-8H,5H2,2-3H3,(H,19,20)/t16-/m0/s1. The molecule has 6 heteroatoms. The Bertz CT molecular complexity index is 851. The Hall–Kier alpha value is -1.96. The second-order valence-corrected chi connectivity index (χ2v) is 5.88. The second kappa shape index (κ2) is 6.04. The molecule has 0 radical (unpaired) electrons. The number of hydrogen-bond acceptors (Lipinski definition) is 3. The van der Waals surface area contributed by atoms with E-state index < -0.39 is 17.1 Å². The Labute approximate surface area is 137 Å². The summed E-state index contributed by atoms with van der Waals surface area (Å²) in [7, 11) is 0. The molecular formula is C16H13Cl2NO3. The molecule has 0 aliphatic heterocycles. The van der Waals surface area contributed by atoms with Gasteiger partial charge in [-0.15, -0.1) is 6.42 Å². The molecular weight excluding hydrogens is 325 g/mol. The molecule has 0 bridgehead atoms. The Kier molecular flexibility index (Phi) is 4.50. The van der Waals surface area contributed by atoms with Gasteiger partial charge in [-0.25, -0.2) is 4.79 Å². The van der Waals surface area contributed by atoms with Gasteiger partial charge in [-0.3, -0.25) is 4.79 Å². The minimum atomic E-state index is -0.843. The summed E-state index contributed by atoms with van der Waals surface area (Å²) in [6, 6.07) is 4.41. The lowest BCUT2D eigenvalue weighted by molar-refractivity contribution is 0.0920. The Balaban J connectivity index is 2.53. The number of nitrogens with one attached hydrogen (secondary N) is 1. The van der Waals surface area contributed by atoms with Crippen LogP contribution in [0.4, 0.5) is 0 Å². The van der Waals surface area contributed by atoms with Crippen LogP contribution in [0.3, 0.4) is 0 Å². The average molecular weight is 338 g/mol. The molecule has 1 heterocycles. The van der Waals surface area contributed by atoms with Crippen LogP contribution in [0.25, 0.3) is 11.0 Å². The largest absolute Gasteiger partial charge is 0.421 e. The predicted molar refractivity (Wildman–Crippen MR) is 87.5 cm³/mol. The summed E-state index contributed by atoms with van der Waals surface area (Å²) in [6.07, 6.45) is 5.93. The van der Waals surface area contributed by atoms with E-state index in [1.807, 2.05) is 6.92 Å². The fourth-order valence-electron chi connectivity index (χ4n) is 1.86. The van der Waals surface area contributed by atoms with Gasteiger partial charge in [0.2, 0.25) is 0 Å². The molecule has 114 valence electrons. The van der Waals surface area contributed by atoms with E-state index in [0.717, 1.165) is 0 Å². The van der Waals surface area contributed by atoms with E-state index in [4.69, 9.17) is 34.0 Å². The van der Waals surface area contributed by atoms with Crippen LogP contribution in [-0.2, 0) is 0 Å². The Morgan fingerprint density at radius 2 is 2.09 bits per heavy atom. The first-order valence-electron chi connectivity index (χ1n) is 6.53. The molecule has 0 aliphatic rings. The fourth-order valence-corrected chi connectivity index (χ4v) is 2.41. The predicted octanol–water partition coefficient (Wildman–Crippen LogP) is 3.63. The zero-order chi connectivity index (χ0) is 16.5. The maximum atomic E-state index is 12.3. The molecule has 0 unspecified atom stereocenters. The molecule has 0 spiro atoms. The van der Waals surface area contributed by atoms with E-state index in [2.05, 4.69) is 11.2 Å². The molecule has 0 saturated carbocycles. The lowest BCUT2D eigenvalue weighted by atomic mass is 9.99. The molecule has 1 atom stereocenters. The zero-order valence-corrected chi connectivity index (χ0v) is 13.5. The number of amides is 1. The molecule has 2 rings (SSSR count). The molecule has 4 nitrogen and oxygen atoms in total. The fraction of sp³-hybridized carbons (Fsp3) is 0.250. The molecule has 2 aromatic rings. The van der Waals surface area contributed by atoms with E-state index in [1.165, 1.54) is 12.1 Å². The molecule has 0 fully saturated rings. The third-order valence-electron chi connectivity index (χ3n) is 3.41. The molecule has 0 saturated heterocycles. The van der Waals surface area contributed by atoms with Gasteiger partial charge in [0.25, 0.3) is 5.91 Å². The topological polar surface area (TPSA) is 59.3 Å². The summed E-state index contributed by atoms with van der Waals surface area (Å²) >= 11 is 11.9. The van der Waals surface area contributed by atoms with E-state index in [1.54, 1.807) is 13.0 Å². The van der Waals surface area contributed by atoms with Gasteiger partial charge >= 0.3 is 5.63 Å². The van der Waals surface area contributed by atoms with Crippen molar-refractivity contribution in [2.75, 3.05) is 0 Å². The van der Waals surface area contributed by atoms with E-state index in [-0.39, 0.29) is 16.2 Å². The first-order chi connectivity index (χ1) is 10.3. The first kappa shape index (κ1) is 16.4. The van der Waals surface area contributed by atoms with Gasteiger partial charge in [0.1, 0.15) is 5.56 Å². The summed E-state index contributed by atoms with van der Waals surface area (Å²) in [6.45, 7) is 3.53. The van der Waals surface area contributed by atoms with Crippen molar-refractivity contribution in [3.05, 3.63) is 44.2 Å². The van der Waals surface area contributed by atoms with Gasteiger partial charge in [-0.2, -0.15) is 0 Å². The van der Waals surface area contributed by atoms with Gasteiger partial charge < -0.3 is 9.73 Å². The SMILES string of the molecule is C#C[C@@](C)(CC)NC(=O)c1cc2cc(Cl)cc(Cl)c2oc1=O. The molecule has 1 aromatic heterocycles. The van der Waals surface area contributed by atoms with Crippen LogP contribution in [-0.4, -0.2) is 11.4 Å². The normalized spacial score (nSPS) is 13.4. The summed E-state index contributed by atoms with van der Waals surface area (Å²) in [5.74, 6) is 1.89. The first-order valence-corrected chi connectivity index (χ1v) is 7.28. The molecule has 1 aromatic carbocycles. The van der Waals surface area contributed by atoms with Crippen LogP contribution in [0.5, 0.6) is 0 Å². The molecule has 0 aliphatic carbocycles. The van der Waals surface area contributed by atoms with Gasteiger partial charge in [0, 0.05) is 10.4 Å². The third kappa shape index (κ3) is 3.11. The van der Waals surface area contributed by atoms with Crippen molar-refractivity contribution in [2.24, 2.45) is 0 Å². The third-order valence-corrected chi connectivity index (χ3v) is 3.91. The van der Waals surface area contributed by atoms with E-state index >= 15 is 0 Å². The quantitative estimate of drug-likeness (QED) is 0.687. The maximum absolute atomic E-state index is 12.3. The van der Waals surface area contributed by atoms with Crippen LogP contribution < -0.4 is 10.9 Å². The monoisotopic (exact) mass is 337 g/mol. The number of rotatable bonds is 3. The maximum Gasteiger partial charge on any atom is 0.349 e. The minimum absolute atomic E-state index is 0.152. The number of halogens is 2. The van der Waals surface area contributed by atoms with Gasteiger partial charge in [-0.1, -0.05) is 36.0 Å². The highest BCUT2D eigenvalue weighted by molar-refractivity contribution is 6.38. The van der Waals surface area contributed by atoms with Gasteiger partial charge in [-0.05, 0) is 31.5 Å². The molecule has 1 N–H and O–H groups in total. The Morgan fingerprint density at radius 3 is 2.68 bits per heavy atom. The summed E-state index contributed by atoms with van der Waals surface area (Å²) in [5, 5.41) is 3.68. The lowest BCUT2D eigenvalue weighted by Gasteiger charge is -2.23. The highest BCUT2D eigenvalue weighted by Crippen LogP contribution is 2.27. The molecule has 22 heavy (non-hydrogen) atoms. The summed E-state index contributed by atoms with van der Waals surface area (Å²) in [4.78, 5) is 24.3. The van der Waals surface area contributed by atoms with Crippen molar-refractivity contribution < 1.29 is 9.21 Å². The summed E-state index contributed by atoms with van der Waals surface area (Å²) < 4.78 is 5.12. The number of carbonyl (C=O) groups excluding carboxylic acids is 1. The Morgan fingerprint density at radius 1 is 1.41 bits per heavy atom. The highest BCUT2D eigenvalue weighted by atomic mass is 35.5. The minimum Gasteiger partial charge on any atom is -0.421 e. The van der Waals surface area contributed by atoms with Crippen molar-refractivity contribution >= 4 is 40.1 Å². The van der Waals surface area contributed by atoms with Crippen LogP contribution >= 0.6 is 23.2 Å². The number of hydrogen-bond donors (Lipinski definition) is 1. The lowest BCUT2D eigenvalue weighted by Crippen LogP contribution is -2.45. The van der Waals surface area contributed by atoms with E-state index in [9.17, 15) is 9.59 Å². The second-order valence-electron chi connectivity index (χ2n) is 5.04. The van der Waals surface area contributed by atoms with E-state index in [0.29, 0.717) is 16.8 Å². The van der Waals surface area contributed by atoms with Crippen molar-refractivity contribution in [3.63, 3.8) is 0 Å². The van der Waals surface area contributed by atoms with Gasteiger partial charge in [0.15, 0.2) is 5.58 Å². The van der Waals surface area contributed by atoms with Gasteiger partial charge in [0.05, 0.1) is 10.6 Å². The highest BCUT2D eigenvalue weighted by Gasteiger charge is 2.24. The zero-order valence-electron chi connectivity index (χ0n) is 12.0.